The summed E-state index contributed by atoms with van der Waals surface area (Å²) in [6.07, 6.45) is 8.31. The molecule has 0 aromatic heterocycles. The Hall–Kier alpha value is -3.07. The molecule has 0 fully saturated rings. The minimum absolute atomic E-state index is 0.0914. The highest BCUT2D eigenvalue weighted by Gasteiger charge is 2.25. The lowest BCUT2D eigenvalue weighted by molar-refractivity contribution is -0.126. The van der Waals surface area contributed by atoms with E-state index in [2.05, 4.69) is 53.6 Å². The second-order valence-electron chi connectivity index (χ2n) is 5.83. The number of hydrogen-bond acceptors (Lipinski definition) is 2. The molecule has 24 heavy (non-hydrogen) atoms. The molecule has 2 aliphatic heterocycles. The molecule has 2 aliphatic rings. The van der Waals surface area contributed by atoms with Crippen molar-refractivity contribution in [1.82, 2.24) is 9.80 Å². The normalized spacial score (nSPS) is 15.4. The van der Waals surface area contributed by atoms with Gasteiger partial charge in [-0.25, -0.2) is 0 Å². The van der Waals surface area contributed by atoms with Crippen molar-refractivity contribution in [2.45, 2.75) is 13.3 Å². The van der Waals surface area contributed by atoms with Gasteiger partial charge in [-0.2, -0.15) is 0 Å². The Morgan fingerprint density at radius 2 is 1.58 bits per heavy atom. The Balaban J connectivity index is 1.85. The molecule has 0 bridgehead atoms. The standard InChI is InChI=1S/C21H18N2O/c1-2-21(24)23-13-12-22-14-19(16-8-4-3-5-9-16)17-10-6-7-11-18(17)20(22)15-23/h3-15H,2H2,1H3. The summed E-state index contributed by atoms with van der Waals surface area (Å²) in [7, 11) is 0. The summed E-state index contributed by atoms with van der Waals surface area (Å²) in [6.45, 7) is 1.88. The SMILES string of the molecule is CCC(=O)N1C=CN2C=C(c3ccccc3)c3ccccc3C2=C1. The summed E-state index contributed by atoms with van der Waals surface area (Å²) in [6, 6.07) is 18.7. The molecule has 2 heterocycles. The zero-order valence-electron chi connectivity index (χ0n) is 13.5. The van der Waals surface area contributed by atoms with Crippen LogP contribution in [0.2, 0.25) is 0 Å². The molecular formula is C21H18N2O. The number of benzene rings is 2. The van der Waals surface area contributed by atoms with Crippen LogP contribution in [0.3, 0.4) is 0 Å². The van der Waals surface area contributed by atoms with Crippen molar-refractivity contribution in [1.29, 1.82) is 0 Å². The molecule has 0 aliphatic carbocycles. The highest BCUT2D eigenvalue weighted by Crippen LogP contribution is 2.38. The molecule has 1 amide bonds. The van der Waals surface area contributed by atoms with Gasteiger partial charge < -0.3 is 4.90 Å². The molecule has 0 unspecified atom stereocenters. The second kappa shape index (κ2) is 5.85. The Morgan fingerprint density at radius 3 is 2.33 bits per heavy atom. The van der Waals surface area contributed by atoms with Crippen LogP contribution in [0.4, 0.5) is 0 Å². The molecule has 2 aromatic rings. The van der Waals surface area contributed by atoms with E-state index in [4.69, 9.17) is 0 Å². The van der Waals surface area contributed by atoms with Crippen LogP contribution < -0.4 is 0 Å². The third-order valence-corrected chi connectivity index (χ3v) is 4.36. The summed E-state index contributed by atoms with van der Waals surface area (Å²) in [5.41, 5.74) is 5.71. The summed E-state index contributed by atoms with van der Waals surface area (Å²) in [5, 5.41) is 0. The first-order chi connectivity index (χ1) is 11.8. The molecule has 3 nitrogen and oxygen atoms in total. The van der Waals surface area contributed by atoms with Gasteiger partial charge in [0.05, 0.1) is 5.70 Å². The second-order valence-corrected chi connectivity index (χ2v) is 5.83. The Bertz CT molecular complexity index is 878. The predicted octanol–water partition coefficient (Wildman–Crippen LogP) is 4.41. The minimum atomic E-state index is 0.0914. The topological polar surface area (TPSA) is 23.6 Å². The number of fused-ring (bicyclic) bond motifs is 3. The molecule has 0 saturated heterocycles. The lowest BCUT2D eigenvalue weighted by Crippen LogP contribution is -2.27. The zero-order valence-corrected chi connectivity index (χ0v) is 13.5. The van der Waals surface area contributed by atoms with Crippen LogP contribution in [-0.4, -0.2) is 15.7 Å². The number of nitrogens with zero attached hydrogens (tertiary/aromatic N) is 2. The van der Waals surface area contributed by atoms with Crippen LogP contribution in [-0.2, 0) is 4.79 Å². The molecule has 0 radical (unpaired) electrons. The molecular weight excluding hydrogens is 296 g/mol. The van der Waals surface area contributed by atoms with Gasteiger partial charge in [-0.1, -0.05) is 61.5 Å². The first kappa shape index (κ1) is 14.5. The van der Waals surface area contributed by atoms with E-state index in [1.807, 2.05) is 37.7 Å². The van der Waals surface area contributed by atoms with Crippen molar-refractivity contribution < 1.29 is 4.79 Å². The predicted molar refractivity (Wildman–Crippen MR) is 96.1 cm³/mol. The molecule has 118 valence electrons. The van der Waals surface area contributed by atoms with Gasteiger partial charge in [0.2, 0.25) is 5.91 Å². The maximum Gasteiger partial charge on any atom is 0.230 e. The molecule has 0 saturated carbocycles. The fourth-order valence-corrected chi connectivity index (χ4v) is 3.12. The van der Waals surface area contributed by atoms with E-state index >= 15 is 0 Å². The third-order valence-electron chi connectivity index (χ3n) is 4.36. The van der Waals surface area contributed by atoms with Crippen molar-refractivity contribution in [2.24, 2.45) is 0 Å². The largest absolute Gasteiger partial charge is 0.320 e. The summed E-state index contributed by atoms with van der Waals surface area (Å²) in [4.78, 5) is 15.8. The molecule has 3 heteroatoms. The lowest BCUT2D eigenvalue weighted by Gasteiger charge is -2.33. The number of hydrogen-bond donors (Lipinski definition) is 0. The van der Waals surface area contributed by atoms with Crippen molar-refractivity contribution in [2.75, 3.05) is 0 Å². The average molecular weight is 314 g/mol. The third kappa shape index (κ3) is 2.35. The highest BCUT2D eigenvalue weighted by atomic mass is 16.2. The van der Waals surface area contributed by atoms with E-state index < -0.39 is 0 Å². The monoisotopic (exact) mass is 314 g/mol. The van der Waals surface area contributed by atoms with E-state index in [-0.39, 0.29) is 5.91 Å². The van der Waals surface area contributed by atoms with Crippen molar-refractivity contribution >= 4 is 17.2 Å². The summed E-state index contributed by atoms with van der Waals surface area (Å²) < 4.78 is 0. The van der Waals surface area contributed by atoms with E-state index in [1.54, 1.807) is 4.90 Å². The molecule has 0 spiro atoms. The maximum atomic E-state index is 12.0. The van der Waals surface area contributed by atoms with Crippen LogP contribution in [0.15, 0.2) is 79.4 Å². The van der Waals surface area contributed by atoms with Gasteiger partial charge in [0.25, 0.3) is 0 Å². The quantitative estimate of drug-likeness (QED) is 0.819. The van der Waals surface area contributed by atoms with Crippen molar-refractivity contribution in [3.63, 3.8) is 0 Å². The fourth-order valence-electron chi connectivity index (χ4n) is 3.12. The van der Waals surface area contributed by atoms with E-state index in [0.717, 1.165) is 11.3 Å². The number of rotatable bonds is 2. The van der Waals surface area contributed by atoms with Gasteiger partial charge in [0.15, 0.2) is 0 Å². The Labute approximate surface area is 141 Å². The maximum absolute atomic E-state index is 12.0. The number of amides is 1. The Morgan fingerprint density at radius 1 is 0.875 bits per heavy atom. The van der Waals surface area contributed by atoms with E-state index in [0.29, 0.717) is 6.42 Å². The average Bonchev–Trinajstić information content (AvgIpc) is 2.67. The van der Waals surface area contributed by atoms with Crippen LogP contribution in [0.25, 0.3) is 11.3 Å². The first-order valence-electron chi connectivity index (χ1n) is 8.14. The molecule has 4 rings (SSSR count). The van der Waals surface area contributed by atoms with Crippen molar-refractivity contribution in [3.05, 3.63) is 96.1 Å². The van der Waals surface area contributed by atoms with E-state index in [1.165, 1.54) is 16.7 Å². The zero-order chi connectivity index (χ0) is 16.5. The van der Waals surface area contributed by atoms with Gasteiger partial charge in [-0.15, -0.1) is 0 Å². The van der Waals surface area contributed by atoms with Crippen LogP contribution in [0.1, 0.15) is 30.0 Å². The number of carbonyl (C=O) groups is 1. The number of carbonyl (C=O) groups excluding carboxylic acids is 1. The molecule has 0 atom stereocenters. The van der Waals surface area contributed by atoms with Crippen molar-refractivity contribution in [3.8, 4) is 0 Å². The highest BCUT2D eigenvalue weighted by molar-refractivity contribution is 5.92. The fraction of sp³-hybridized carbons (Fsp3) is 0.0952. The van der Waals surface area contributed by atoms with Crippen LogP contribution in [0.5, 0.6) is 0 Å². The molecule has 0 N–H and O–H groups in total. The lowest BCUT2D eigenvalue weighted by atomic mass is 9.90. The van der Waals surface area contributed by atoms with E-state index in [9.17, 15) is 4.79 Å². The minimum Gasteiger partial charge on any atom is -0.320 e. The van der Waals surface area contributed by atoms with Gasteiger partial charge in [-0.05, 0) is 11.1 Å². The van der Waals surface area contributed by atoms with Gasteiger partial charge in [-0.3, -0.25) is 9.69 Å². The van der Waals surface area contributed by atoms with Crippen LogP contribution in [0, 0.1) is 0 Å². The first-order valence-corrected chi connectivity index (χ1v) is 8.14. The molecule has 2 aromatic carbocycles. The smallest absolute Gasteiger partial charge is 0.230 e. The Kier molecular flexibility index (Phi) is 3.54. The van der Waals surface area contributed by atoms with Crippen LogP contribution >= 0.6 is 0 Å². The summed E-state index contributed by atoms with van der Waals surface area (Å²) in [5.74, 6) is 0.0914. The van der Waals surface area contributed by atoms with Gasteiger partial charge in [0, 0.05) is 42.4 Å². The van der Waals surface area contributed by atoms with Gasteiger partial charge >= 0.3 is 0 Å². The van der Waals surface area contributed by atoms with Gasteiger partial charge in [0.1, 0.15) is 0 Å². The summed E-state index contributed by atoms with van der Waals surface area (Å²) >= 11 is 0.